The third-order valence-corrected chi connectivity index (χ3v) is 4.97. The Labute approximate surface area is 132 Å². The Bertz CT molecular complexity index is 582. The van der Waals surface area contributed by atoms with Crippen molar-refractivity contribution in [3.63, 3.8) is 0 Å². The van der Waals surface area contributed by atoms with Crippen LogP contribution in [0.3, 0.4) is 0 Å². The van der Waals surface area contributed by atoms with Gasteiger partial charge in [-0.3, -0.25) is 9.69 Å². The van der Waals surface area contributed by atoms with E-state index in [-0.39, 0.29) is 17.7 Å². The van der Waals surface area contributed by atoms with Crippen molar-refractivity contribution in [1.29, 1.82) is 0 Å². The van der Waals surface area contributed by atoms with Gasteiger partial charge in [0.05, 0.1) is 7.11 Å². The molecule has 0 spiro atoms. The maximum atomic E-state index is 12.5. The second-order valence-corrected chi connectivity index (χ2v) is 6.98. The van der Waals surface area contributed by atoms with Gasteiger partial charge >= 0.3 is 0 Å². The number of hydrogen-bond donors (Lipinski definition) is 1. The van der Waals surface area contributed by atoms with Crippen LogP contribution in [0.15, 0.2) is 12.1 Å². The quantitative estimate of drug-likeness (QED) is 0.933. The fraction of sp³-hybridized carbons (Fsp3) is 0.611. The summed E-state index contributed by atoms with van der Waals surface area (Å²) in [5.41, 5.74) is 2.30. The van der Waals surface area contributed by atoms with Crippen molar-refractivity contribution in [2.75, 3.05) is 20.2 Å². The number of rotatable bonds is 3. The van der Waals surface area contributed by atoms with Crippen LogP contribution < -0.4 is 4.74 Å². The lowest BCUT2D eigenvalue weighted by molar-refractivity contribution is -0.129. The van der Waals surface area contributed by atoms with Gasteiger partial charge in [0.15, 0.2) is 11.5 Å². The molecule has 3 rings (SSSR count). The molecular weight excluding hydrogens is 278 g/mol. The maximum absolute atomic E-state index is 12.5. The number of Topliss-reactive ketones (excluding diaryl/α,β-unsaturated/α-hetero) is 1. The Morgan fingerprint density at radius 3 is 2.86 bits per heavy atom. The second kappa shape index (κ2) is 5.92. The van der Waals surface area contributed by atoms with Crippen LogP contribution >= 0.6 is 0 Å². The highest BCUT2D eigenvalue weighted by Gasteiger charge is 2.38. The van der Waals surface area contributed by atoms with Gasteiger partial charge in [-0.2, -0.15) is 0 Å². The summed E-state index contributed by atoms with van der Waals surface area (Å²) in [4.78, 5) is 14.9. The van der Waals surface area contributed by atoms with Crippen LogP contribution in [0.25, 0.3) is 0 Å². The third kappa shape index (κ3) is 2.72. The van der Waals surface area contributed by atoms with Crippen molar-refractivity contribution in [1.82, 2.24) is 4.90 Å². The van der Waals surface area contributed by atoms with Gasteiger partial charge in [-0.1, -0.05) is 13.8 Å². The van der Waals surface area contributed by atoms with E-state index in [1.807, 2.05) is 6.07 Å². The van der Waals surface area contributed by atoms with Crippen LogP contribution in [0.5, 0.6) is 11.5 Å². The number of hydrogen-bond acceptors (Lipinski definition) is 4. The molecule has 0 radical (unpaired) electrons. The molecule has 120 valence electrons. The fourth-order valence-corrected chi connectivity index (χ4v) is 3.91. The van der Waals surface area contributed by atoms with Gasteiger partial charge in [0.1, 0.15) is 5.78 Å². The minimum atomic E-state index is 0.147. The molecule has 0 amide bonds. The summed E-state index contributed by atoms with van der Waals surface area (Å²) in [6.07, 6.45) is 2.48. The van der Waals surface area contributed by atoms with Gasteiger partial charge < -0.3 is 9.84 Å². The number of ether oxygens (including phenoxy) is 1. The van der Waals surface area contributed by atoms with Gasteiger partial charge in [-0.15, -0.1) is 0 Å². The number of benzene rings is 1. The van der Waals surface area contributed by atoms with E-state index in [1.165, 1.54) is 0 Å². The Morgan fingerprint density at radius 2 is 2.18 bits per heavy atom. The first-order valence-electron chi connectivity index (χ1n) is 8.16. The molecule has 2 aliphatic heterocycles. The number of phenols is 1. The monoisotopic (exact) mass is 303 g/mol. The predicted octanol–water partition coefficient (Wildman–Crippen LogP) is 2.94. The van der Waals surface area contributed by atoms with Gasteiger partial charge in [0, 0.05) is 31.5 Å². The van der Waals surface area contributed by atoms with E-state index >= 15 is 0 Å². The highest BCUT2D eigenvalue weighted by Crippen LogP contribution is 2.42. The van der Waals surface area contributed by atoms with Crippen molar-refractivity contribution < 1.29 is 14.6 Å². The second-order valence-electron chi connectivity index (χ2n) is 6.98. The van der Waals surface area contributed by atoms with E-state index in [0.29, 0.717) is 23.9 Å². The number of methoxy groups -OCH3 is 1. The van der Waals surface area contributed by atoms with E-state index in [2.05, 4.69) is 18.7 Å². The number of fused-ring (bicyclic) bond motifs is 3. The zero-order valence-corrected chi connectivity index (χ0v) is 13.6. The topological polar surface area (TPSA) is 49.8 Å². The molecule has 22 heavy (non-hydrogen) atoms. The molecule has 0 bridgehead atoms. The molecule has 1 fully saturated rings. The number of ketones is 1. The molecule has 2 aliphatic rings. The highest BCUT2D eigenvalue weighted by molar-refractivity contribution is 5.83. The van der Waals surface area contributed by atoms with E-state index in [1.54, 1.807) is 13.2 Å². The molecule has 2 atom stereocenters. The number of phenolic OH excluding ortho intramolecular Hbond substituents is 1. The molecule has 1 saturated heterocycles. The smallest absolute Gasteiger partial charge is 0.160 e. The Hall–Kier alpha value is -1.55. The van der Waals surface area contributed by atoms with E-state index in [4.69, 9.17) is 4.74 Å². The minimum absolute atomic E-state index is 0.147. The van der Waals surface area contributed by atoms with E-state index in [0.717, 1.165) is 37.1 Å². The van der Waals surface area contributed by atoms with Crippen LogP contribution in [0, 0.1) is 11.8 Å². The maximum Gasteiger partial charge on any atom is 0.160 e. The molecule has 0 aromatic heterocycles. The zero-order chi connectivity index (χ0) is 15.9. The number of nitrogens with zero attached hydrogens (tertiary/aromatic N) is 1. The molecule has 1 N–H and O–H groups in total. The van der Waals surface area contributed by atoms with Gasteiger partial charge in [-0.25, -0.2) is 0 Å². The first-order valence-corrected chi connectivity index (χ1v) is 8.16. The molecule has 1 aromatic rings. The van der Waals surface area contributed by atoms with Crippen LogP contribution in [-0.2, 0) is 11.2 Å². The molecule has 0 aliphatic carbocycles. The summed E-state index contributed by atoms with van der Waals surface area (Å²) in [5.74, 6) is 1.80. The van der Waals surface area contributed by atoms with Crippen LogP contribution in [0.2, 0.25) is 0 Å². The average molecular weight is 303 g/mol. The molecule has 0 unspecified atom stereocenters. The minimum Gasteiger partial charge on any atom is -0.504 e. The van der Waals surface area contributed by atoms with Gasteiger partial charge in [0.2, 0.25) is 0 Å². The summed E-state index contributed by atoms with van der Waals surface area (Å²) in [5, 5.41) is 9.95. The lowest BCUT2D eigenvalue weighted by Gasteiger charge is -2.43. The lowest BCUT2D eigenvalue weighted by atomic mass is 9.80. The summed E-state index contributed by atoms with van der Waals surface area (Å²) in [6.45, 7) is 6.19. The van der Waals surface area contributed by atoms with Crippen LogP contribution in [-0.4, -0.2) is 36.0 Å². The zero-order valence-electron chi connectivity index (χ0n) is 13.6. The van der Waals surface area contributed by atoms with Gasteiger partial charge in [0.25, 0.3) is 0 Å². The lowest BCUT2D eigenvalue weighted by Crippen LogP contribution is -2.46. The predicted molar refractivity (Wildman–Crippen MR) is 85.2 cm³/mol. The average Bonchev–Trinajstić information content (AvgIpc) is 2.47. The SMILES string of the molecule is COc1cc2c(cc1O)CCN1C[C@@H](CC(C)C)C(=O)C[C@H]21. The summed E-state index contributed by atoms with van der Waals surface area (Å²) >= 11 is 0. The van der Waals surface area contributed by atoms with Crippen molar-refractivity contribution in [3.05, 3.63) is 23.3 Å². The summed E-state index contributed by atoms with van der Waals surface area (Å²) in [7, 11) is 1.56. The fourth-order valence-electron chi connectivity index (χ4n) is 3.91. The normalized spacial score (nSPS) is 25.0. The Balaban J connectivity index is 1.88. The molecule has 4 heteroatoms. The van der Waals surface area contributed by atoms with Crippen molar-refractivity contribution >= 4 is 5.78 Å². The summed E-state index contributed by atoms with van der Waals surface area (Å²) < 4.78 is 5.24. The molecule has 2 heterocycles. The molecular formula is C18H25NO3. The number of carbonyl (C=O) groups is 1. The van der Waals surface area contributed by atoms with Crippen LogP contribution in [0.4, 0.5) is 0 Å². The van der Waals surface area contributed by atoms with Crippen molar-refractivity contribution in [2.24, 2.45) is 11.8 Å². The third-order valence-electron chi connectivity index (χ3n) is 4.97. The Morgan fingerprint density at radius 1 is 1.41 bits per heavy atom. The van der Waals surface area contributed by atoms with E-state index < -0.39 is 0 Å². The number of piperidine rings is 1. The molecule has 1 aromatic carbocycles. The molecule has 0 saturated carbocycles. The Kier molecular flexibility index (Phi) is 4.13. The first-order chi connectivity index (χ1) is 10.5. The van der Waals surface area contributed by atoms with Crippen LogP contribution in [0.1, 0.15) is 43.9 Å². The van der Waals surface area contributed by atoms with Crippen molar-refractivity contribution in [3.8, 4) is 11.5 Å². The van der Waals surface area contributed by atoms with Crippen molar-refractivity contribution in [2.45, 2.75) is 39.2 Å². The largest absolute Gasteiger partial charge is 0.504 e. The van der Waals surface area contributed by atoms with E-state index in [9.17, 15) is 9.90 Å². The number of aromatic hydroxyl groups is 1. The standard InChI is InChI=1S/C18H25NO3/c1-11(2)6-13-10-19-5-4-12-7-17(21)18(22-3)8-14(12)15(19)9-16(13)20/h7-8,11,13,15,21H,4-6,9-10H2,1-3H3/t13-,15-/m1/s1. The number of carbonyl (C=O) groups excluding carboxylic acids is 1. The molecule has 4 nitrogen and oxygen atoms in total. The van der Waals surface area contributed by atoms with Gasteiger partial charge in [-0.05, 0) is 42.0 Å². The first kappa shape index (κ1) is 15.3. The summed E-state index contributed by atoms with van der Waals surface area (Å²) in [6, 6.07) is 3.86. The highest BCUT2D eigenvalue weighted by atomic mass is 16.5.